The normalized spacial score (nSPS) is 21.3. The summed E-state index contributed by atoms with van der Waals surface area (Å²) in [7, 11) is 1.38. The van der Waals surface area contributed by atoms with Gasteiger partial charge < -0.3 is 14.3 Å². The molecule has 0 bridgehead atoms. The third kappa shape index (κ3) is 2.72. The molecule has 5 nitrogen and oxygen atoms in total. The van der Waals surface area contributed by atoms with E-state index in [1.54, 1.807) is 18.2 Å². The number of methoxy groups -OCH3 is 1. The summed E-state index contributed by atoms with van der Waals surface area (Å²) in [6, 6.07) is 10.3. The van der Waals surface area contributed by atoms with Crippen molar-refractivity contribution in [2.45, 2.75) is 24.8 Å². The van der Waals surface area contributed by atoms with Crippen molar-refractivity contribution in [3.05, 3.63) is 64.7 Å². The van der Waals surface area contributed by atoms with Crippen molar-refractivity contribution in [1.29, 1.82) is 0 Å². The van der Waals surface area contributed by atoms with Gasteiger partial charge in [-0.3, -0.25) is 0 Å². The molecule has 1 atom stereocenters. The fourth-order valence-corrected chi connectivity index (χ4v) is 3.25. The first-order valence-corrected chi connectivity index (χ1v) is 8.11. The standard InChI is InChI=1S/C19H14F3NO4/c1-25-14-4-2-3-13(8-14)18(19(20,21)22)9-16(23-27-18)11-5-6-15-12(7-11)10-26-17(15)24/h2-8H,9-10H2,1H3. The van der Waals surface area contributed by atoms with Gasteiger partial charge in [-0.15, -0.1) is 0 Å². The fraction of sp³-hybridized carbons (Fsp3) is 0.263. The lowest BCUT2D eigenvalue weighted by molar-refractivity contribution is -0.275. The number of rotatable bonds is 3. The van der Waals surface area contributed by atoms with Crippen molar-refractivity contribution in [2.75, 3.05) is 7.11 Å². The maximum absolute atomic E-state index is 14.0. The lowest BCUT2D eigenvalue weighted by Crippen LogP contribution is -2.42. The summed E-state index contributed by atoms with van der Waals surface area (Å²) in [5, 5.41) is 3.73. The number of hydrogen-bond donors (Lipinski definition) is 0. The van der Waals surface area contributed by atoms with E-state index in [2.05, 4.69) is 5.16 Å². The largest absolute Gasteiger partial charge is 0.497 e. The highest BCUT2D eigenvalue weighted by Gasteiger charge is 2.62. The van der Waals surface area contributed by atoms with Crippen molar-refractivity contribution >= 4 is 11.7 Å². The summed E-state index contributed by atoms with van der Waals surface area (Å²) >= 11 is 0. The molecular formula is C19H14F3NO4. The molecule has 0 aromatic heterocycles. The second-order valence-electron chi connectivity index (χ2n) is 6.31. The number of ether oxygens (including phenoxy) is 2. The maximum atomic E-state index is 14.0. The first-order chi connectivity index (χ1) is 12.8. The van der Waals surface area contributed by atoms with Crippen LogP contribution in [0.5, 0.6) is 5.75 Å². The Morgan fingerprint density at radius 3 is 2.74 bits per heavy atom. The number of fused-ring (bicyclic) bond motifs is 1. The summed E-state index contributed by atoms with van der Waals surface area (Å²) in [6.45, 7) is 0.0937. The Bertz CT molecular complexity index is 954. The molecule has 0 saturated heterocycles. The van der Waals surface area contributed by atoms with Crippen LogP contribution >= 0.6 is 0 Å². The first kappa shape index (κ1) is 17.4. The van der Waals surface area contributed by atoms with Gasteiger partial charge in [0.05, 0.1) is 18.4 Å². The number of alkyl halides is 3. The number of halogens is 3. The van der Waals surface area contributed by atoms with E-state index in [1.807, 2.05) is 0 Å². The topological polar surface area (TPSA) is 57.1 Å². The van der Waals surface area contributed by atoms with E-state index in [1.165, 1.54) is 31.4 Å². The second kappa shape index (κ2) is 6.00. The van der Waals surface area contributed by atoms with Crippen molar-refractivity contribution in [3.63, 3.8) is 0 Å². The highest BCUT2D eigenvalue weighted by atomic mass is 19.4. The molecule has 0 fully saturated rings. The number of esters is 1. The molecule has 1 unspecified atom stereocenters. The van der Waals surface area contributed by atoms with E-state index >= 15 is 0 Å². The van der Waals surface area contributed by atoms with E-state index in [9.17, 15) is 18.0 Å². The lowest BCUT2D eigenvalue weighted by Gasteiger charge is -2.29. The van der Waals surface area contributed by atoms with Crippen molar-refractivity contribution < 1.29 is 32.3 Å². The molecule has 140 valence electrons. The van der Waals surface area contributed by atoms with Crippen LogP contribution in [0.4, 0.5) is 13.2 Å². The summed E-state index contributed by atoms with van der Waals surface area (Å²) in [5.74, 6) is -0.149. The van der Waals surface area contributed by atoms with Gasteiger partial charge >= 0.3 is 12.1 Å². The Morgan fingerprint density at radius 1 is 1.19 bits per heavy atom. The number of cyclic esters (lactones) is 1. The van der Waals surface area contributed by atoms with Crippen LogP contribution in [0.3, 0.4) is 0 Å². The molecular weight excluding hydrogens is 363 g/mol. The minimum absolute atomic E-state index is 0.0900. The van der Waals surface area contributed by atoms with Crippen molar-refractivity contribution in [3.8, 4) is 5.75 Å². The van der Waals surface area contributed by atoms with Crippen LogP contribution in [0, 0.1) is 0 Å². The van der Waals surface area contributed by atoms with E-state index in [-0.39, 0.29) is 17.9 Å². The van der Waals surface area contributed by atoms with Crippen LogP contribution in [0.1, 0.15) is 33.5 Å². The number of oxime groups is 1. The van der Waals surface area contributed by atoms with Crippen LogP contribution < -0.4 is 4.74 Å². The molecule has 2 aromatic rings. The third-order valence-electron chi connectivity index (χ3n) is 4.74. The number of nitrogens with zero attached hydrogens (tertiary/aromatic N) is 1. The zero-order valence-corrected chi connectivity index (χ0v) is 14.2. The number of benzene rings is 2. The molecule has 2 aromatic carbocycles. The smallest absolute Gasteiger partial charge is 0.435 e. The van der Waals surface area contributed by atoms with Gasteiger partial charge in [0.15, 0.2) is 0 Å². The van der Waals surface area contributed by atoms with Gasteiger partial charge in [-0.2, -0.15) is 13.2 Å². The summed E-state index contributed by atoms with van der Waals surface area (Å²) in [5.41, 5.74) is -1.05. The molecule has 4 rings (SSSR count). The van der Waals surface area contributed by atoms with Gasteiger partial charge in [-0.1, -0.05) is 23.4 Å². The summed E-state index contributed by atoms with van der Waals surface area (Å²) in [4.78, 5) is 16.5. The molecule has 0 amide bonds. The number of carbonyl (C=O) groups is 1. The molecule has 0 saturated carbocycles. The predicted molar refractivity (Wildman–Crippen MR) is 88.5 cm³/mol. The quantitative estimate of drug-likeness (QED) is 0.760. The highest BCUT2D eigenvalue weighted by Crippen LogP contribution is 2.49. The monoisotopic (exact) mass is 377 g/mol. The molecule has 2 aliphatic rings. The van der Waals surface area contributed by atoms with Crippen LogP contribution in [-0.2, 0) is 21.8 Å². The highest BCUT2D eigenvalue weighted by molar-refractivity contribution is 6.03. The minimum atomic E-state index is -4.69. The van der Waals surface area contributed by atoms with E-state index < -0.39 is 24.2 Å². The van der Waals surface area contributed by atoms with Gasteiger partial charge in [-0.25, -0.2) is 4.79 Å². The molecule has 0 spiro atoms. The maximum Gasteiger partial charge on any atom is 0.435 e. The minimum Gasteiger partial charge on any atom is -0.497 e. The molecule has 0 aliphatic carbocycles. The zero-order valence-electron chi connectivity index (χ0n) is 14.2. The van der Waals surface area contributed by atoms with Crippen LogP contribution in [0.15, 0.2) is 47.6 Å². The SMILES string of the molecule is COc1cccc(C2(C(F)(F)F)CC(c3ccc4c(c3)COC4=O)=NO2)c1. The Morgan fingerprint density at radius 2 is 2.00 bits per heavy atom. The lowest BCUT2D eigenvalue weighted by atomic mass is 9.86. The molecule has 2 aliphatic heterocycles. The van der Waals surface area contributed by atoms with E-state index in [4.69, 9.17) is 14.3 Å². The second-order valence-corrected chi connectivity index (χ2v) is 6.31. The molecule has 0 N–H and O–H groups in total. The van der Waals surface area contributed by atoms with Gasteiger partial charge in [0.1, 0.15) is 12.4 Å². The van der Waals surface area contributed by atoms with Crippen LogP contribution in [0.2, 0.25) is 0 Å². The molecule has 0 radical (unpaired) electrons. The number of hydrogen-bond acceptors (Lipinski definition) is 5. The Balaban J connectivity index is 1.71. The van der Waals surface area contributed by atoms with Crippen LogP contribution in [0.25, 0.3) is 0 Å². The van der Waals surface area contributed by atoms with Crippen LogP contribution in [-0.4, -0.2) is 25.0 Å². The molecule has 8 heteroatoms. The predicted octanol–water partition coefficient (Wildman–Crippen LogP) is 3.95. The number of carbonyl (C=O) groups excluding carboxylic acids is 1. The third-order valence-corrected chi connectivity index (χ3v) is 4.74. The molecule has 27 heavy (non-hydrogen) atoms. The van der Waals surface area contributed by atoms with Gasteiger partial charge in [0.2, 0.25) is 0 Å². The van der Waals surface area contributed by atoms with Crippen molar-refractivity contribution in [1.82, 2.24) is 0 Å². The van der Waals surface area contributed by atoms with Gasteiger partial charge in [0.25, 0.3) is 5.60 Å². The van der Waals surface area contributed by atoms with Gasteiger partial charge in [0, 0.05) is 17.5 Å². The summed E-state index contributed by atoms with van der Waals surface area (Å²) in [6.07, 6.45) is -5.18. The van der Waals surface area contributed by atoms with Gasteiger partial charge in [-0.05, 0) is 29.8 Å². The average molecular weight is 377 g/mol. The first-order valence-electron chi connectivity index (χ1n) is 8.11. The van der Waals surface area contributed by atoms with E-state index in [0.29, 0.717) is 22.4 Å². The van der Waals surface area contributed by atoms with E-state index in [0.717, 1.165) is 0 Å². The Hall–Kier alpha value is -3.03. The fourth-order valence-electron chi connectivity index (χ4n) is 3.25. The molecule has 2 heterocycles. The Labute approximate surface area is 152 Å². The van der Waals surface area contributed by atoms with Crippen molar-refractivity contribution in [2.24, 2.45) is 5.16 Å². The Kier molecular flexibility index (Phi) is 3.87. The average Bonchev–Trinajstić information content (AvgIpc) is 3.26. The summed E-state index contributed by atoms with van der Waals surface area (Å²) < 4.78 is 51.9. The zero-order chi connectivity index (χ0) is 19.2.